The first-order valence-corrected chi connectivity index (χ1v) is 35.2. The summed E-state index contributed by atoms with van der Waals surface area (Å²) in [4.78, 5) is 13.3. The molecule has 9 N–H and O–H groups in total. The van der Waals surface area contributed by atoms with E-state index >= 15 is 0 Å². The molecule has 1 amide bonds. The highest BCUT2D eigenvalue weighted by molar-refractivity contribution is 5.76. The van der Waals surface area contributed by atoms with Crippen molar-refractivity contribution in [1.82, 2.24) is 5.32 Å². The lowest BCUT2D eigenvalue weighted by atomic mass is 9.97. The number of ether oxygens (including phenoxy) is 4. The zero-order valence-corrected chi connectivity index (χ0v) is 54.3. The molecule has 0 aliphatic carbocycles. The predicted octanol–water partition coefficient (Wildman–Crippen LogP) is 14.2. The van der Waals surface area contributed by atoms with E-state index in [9.17, 15) is 45.6 Å². The summed E-state index contributed by atoms with van der Waals surface area (Å²) in [6, 6.07) is -0.931. The number of carbonyl (C=O) groups excluding carboxylic acids is 1. The summed E-state index contributed by atoms with van der Waals surface area (Å²) in [5, 5.41) is 87.2. The van der Waals surface area contributed by atoms with E-state index in [4.69, 9.17) is 18.9 Å². The van der Waals surface area contributed by atoms with Crippen molar-refractivity contribution in [2.45, 2.75) is 357 Å². The predicted molar refractivity (Wildman–Crippen MR) is 350 cm³/mol. The first-order chi connectivity index (χ1) is 42.1. The SMILES string of the molecule is CC/C=C\C/C=C\C/C=C\C/C=C\CCCCCCCCCCCCCCCCCCCCCCCCCCCCC(=O)NC(COC1OC(CO)C(OC2OC(CO)C(O)C(O)C2O)C(O)C1O)C(O)/C=C/CC/C=C/CCCCCCCCC. The molecule has 12 unspecified atom stereocenters. The number of allylic oxidation sites excluding steroid dienone is 11. The van der Waals surface area contributed by atoms with Gasteiger partial charge in [-0.2, -0.15) is 0 Å². The average Bonchev–Trinajstić information content (AvgIpc) is 2.76. The minimum absolute atomic E-state index is 0.247. The Morgan fingerprint density at radius 3 is 1.28 bits per heavy atom. The number of rotatable bonds is 57. The molecule has 0 aromatic heterocycles. The van der Waals surface area contributed by atoms with E-state index < -0.39 is 86.8 Å². The van der Waals surface area contributed by atoms with E-state index in [0.29, 0.717) is 12.8 Å². The Bertz CT molecular complexity index is 1720. The Morgan fingerprint density at radius 1 is 0.430 bits per heavy atom. The van der Waals surface area contributed by atoms with Gasteiger partial charge in [0.1, 0.15) is 48.8 Å². The number of aliphatic hydroxyl groups is 8. The Hall–Kier alpha value is -2.57. The van der Waals surface area contributed by atoms with Crippen LogP contribution in [0, 0.1) is 0 Å². The molecule has 0 bridgehead atoms. The number of aliphatic hydroxyl groups excluding tert-OH is 8. The van der Waals surface area contributed by atoms with Crippen molar-refractivity contribution in [2.24, 2.45) is 0 Å². The van der Waals surface area contributed by atoms with Gasteiger partial charge >= 0.3 is 0 Å². The summed E-state index contributed by atoms with van der Waals surface area (Å²) in [5.41, 5.74) is 0. The van der Waals surface area contributed by atoms with Crippen LogP contribution < -0.4 is 5.32 Å². The summed E-state index contributed by atoms with van der Waals surface area (Å²) < 4.78 is 22.8. The van der Waals surface area contributed by atoms with E-state index in [1.165, 1.54) is 193 Å². The highest BCUT2D eigenvalue weighted by Gasteiger charge is 2.51. The lowest BCUT2D eigenvalue weighted by molar-refractivity contribution is -0.359. The second kappa shape index (κ2) is 56.4. The fraction of sp³-hybridized carbons (Fsp3) is 0.819. The molecular weight excluding hydrogens is 1090 g/mol. The molecule has 14 nitrogen and oxygen atoms in total. The third-order valence-corrected chi connectivity index (χ3v) is 16.9. The van der Waals surface area contributed by atoms with Gasteiger partial charge in [-0.25, -0.2) is 0 Å². The quantitative estimate of drug-likeness (QED) is 0.0204. The van der Waals surface area contributed by atoms with Crippen molar-refractivity contribution in [1.29, 1.82) is 0 Å². The van der Waals surface area contributed by atoms with Gasteiger partial charge in [0, 0.05) is 6.42 Å². The summed E-state index contributed by atoms with van der Waals surface area (Å²) in [5.74, 6) is -0.247. The maximum Gasteiger partial charge on any atom is 0.220 e. The molecule has 2 fully saturated rings. The number of carbonyl (C=O) groups is 1. The highest BCUT2D eigenvalue weighted by Crippen LogP contribution is 2.30. The smallest absolute Gasteiger partial charge is 0.220 e. The molecule has 2 saturated heterocycles. The molecule has 500 valence electrons. The van der Waals surface area contributed by atoms with Crippen LogP contribution in [0.1, 0.15) is 284 Å². The Kier molecular flexibility index (Phi) is 52.2. The first kappa shape index (κ1) is 79.5. The van der Waals surface area contributed by atoms with Gasteiger partial charge in [0.25, 0.3) is 0 Å². The number of unbranched alkanes of at least 4 members (excludes halogenated alkanes) is 34. The van der Waals surface area contributed by atoms with Crippen molar-refractivity contribution in [3.63, 3.8) is 0 Å². The molecule has 2 rings (SSSR count). The normalized spacial score (nSPS) is 23.8. The number of hydrogen-bond acceptors (Lipinski definition) is 13. The Labute approximate surface area is 523 Å². The molecule has 14 heteroatoms. The lowest BCUT2D eigenvalue weighted by Gasteiger charge is -2.46. The van der Waals surface area contributed by atoms with Crippen LogP contribution in [0.2, 0.25) is 0 Å². The maximum atomic E-state index is 13.3. The molecule has 0 radical (unpaired) electrons. The fourth-order valence-electron chi connectivity index (χ4n) is 11.3. The van der Waals surface area contributed by atoms with E-state index in [1.54, 1.807) is 6.08 Å². The van der Waals surface area contributed by atoms with Gasteiger partial charge in [0.05, 0.1) is 32.0 Å². The van der Waals surface area contributed by atoms with Gasteiger partial charge in [-0.05, 0) is 70.6 Å². The molecule has 86 heavy (non-hydrogen) atoms. The molecule has 12 atom stereocenters. The zero-order chi connectivity index (χ0) is 62.3. The van der Waals surface area contributed by atoms with Crippen molar-refractivity contribution >= 4 is 5.91 Å². The molecular formula is C72H129NO13. The first-order valence-electron chi connectivity index (χ1n) is 35.2. The standard InChI is InChI=1S/C72H129NO13/c1-3-5-7-9-11-13-15-17-18-19-20-21-22-23-24-25-26-27-28-29-30-31-32-33-34-35-36-37-38-39-40-41-42-44-46-48-50-52-54-56-64(77)73-60(61(76)55-53-51-49-47-45-43-16-14-12-10-8-6-4-2)59-83-71-69(82)67(80)70(63(58-75)85-71)86-72-68(81)66(79)65(78)62(57-74)84-72/h5,7,11,13,17-18,20-21,45,47,53,55,60-63,65-72,74-76,78-82H,3-4,6,8-10,12,14-16,19,22-44,46,48-52,54,56-59H2,1-2H3,(H,73,77)/b7-5-,13-11-,18-17-,21-20-,47-45+,55-53+. The van der Waals surface area contributed by atoms with Crippen LogP contribution in [-0.4, -0.2) is 140 Å². The highest BCUT2D eigenvalue weighted by atomic mass is 16.7. The second-order valence-electron chi connectivity index (χ2n) is 24.6. The number of amides is 1. The monoisotopic (exact) mass is 1220 g/mol. The van der Waals surface area contributed by atoms with E-state index in [0.717, 1.165) is 57.8 Å². The number of hydrogen-bond donors (Lipinski definition) is 9. The Morgan fingerprint density at radius 2 is 0.814 bits per heavy atom. The largest absolute Gasteiger partial charge is 0.394 e. The third-order valence-electron chi connectivity index (χ3n) is 16.9. The Balaban J connectivity index is 1.55. The number of nitrogens with one attached hydrogen (secondary N) is 1. The summed E-state index contributed by atoms with van der Waals surface area (Å²) in [6.45, 7) is 2.67. The molecule has 2 aliphatic heterocycles. The van der Waals surface area contributed by atoms with Crippen LogP contribution in [0.3, 0.4) is 0 Å². The summed E-state index contributed by atoms with van der Waals surface area (Å²) in [6.07, 6.45) is 60.0. The lowest BCUT2D eigenvalue weighted by Crippen LogP contribution is -2.65. The molecule has 0 aromatic rings. The zero-order valence-electron chi connectivity index (χ0n) is 54.3. The molecule has 0 saturated carbocycles. The van der Waals surface area contributed by atoms with E-state index in [2.05, 4.69) is 79.9 Å². The maximum absolute atomic E-state index is 13.3. The van der Waals surface area contributed by atoms with Crippen LogP contribution in [0.25, 0.3) is 0 Å². The molecule has 0 spiro atoms. The van der Waals surface area contributed by atoms with Crippen molar-refractivity contribution in [3.05, 3.63) is 72.9 Å². The van der Waals surface area contributed by atoms with Crippen molar-refractivity contribution in [3.8, 4) is 0 Å². The average molecular weight is 1220 g/mol. The van der Waals surface area contributed by atoms with Crippen LogP contribution in [0.5, 0.6) is 0 Å². The van der Waals surface area contributed by atoms with Crippen LogP contribution in [-0.2, 0) is 23.7 Å². The van der Waals surface area contributed by atoms with Gasteiger partial charge in [-0.1, -0.05) is 279 Å². The van der Waals surface area contributed by atoms with E-state index in [-0.39, 0.29) is 18.9 Å². The minimum atomic E-state index is -1.79. The van der Waals surface area contributed by atoms with E-state index in [1.807, 2.05) is 6.08 Å². The fourth-order valence-corrected chi connectivity index (χ4v) is 11.3. The van der Waals surface area contributed by atoms with Crippen LogP contribution >= 0.6 is 0 Å². The molecule has 2 heterocycles. The molecule has 2 aliphatic rings. The topological polar surface area (TPSA) is 228 Å². The van der Waals surface area contributed by atoms with Gasteiger partial charge in [0.15, 0.2) is 12.6 Å². The van der Waals surface area contributed by atoms with Gasteiger partial charge in [-0.15, -0.1) is 0 Å². The van der Waals surface area contributed by atoms with Crippen LogP contribution in [0.15, 0.2) is 72.9 Å². The summed E-state index contributed by atoms with van der Waals surface area (Å²) in [7, 11) is 0. The minimum Gasteiger partial charge on any atom is -0.394 e. The summed E-state index contributed by atoms with van der Waals surface area (Å²) >= 11 is 0. The van der Waals surface area contributed by atoms with Gasteiger partial charge in [0.2, 0.25) is 5.91 Å². The van der Waals surface area contributed by atoms with Gasteiger partial charge in [-0.3, -0.25) is 4.79 Å². The van der Waals surface area contributed by atoms with Crippen molar-refractivity contribution < 1.29 is 64.6 Å². The van der Waals surface area contributed by atoms with Crippen LogP contribution in [0.4, 0.5) is 0 Å². The second-order valence-corrected chi connectivity index (χ2v) is 24.6. The third kappa shape index (κ3) is 40.2. The molecule has 0 aromatic carbocycles. The van der Waals surface area contributed by atoms with Crippen molar-refractivity contribution in [2.75, 3.05) is 19.8 Å². The van der Waals surface area contributed by atoms with Gasteiger partial charge < -0.3 is 65.1 Å².